The summed E-state index contributed by atoms with van der Waals surface area (Å²) in [4.78, 5) is 12.3. The molecule has 2 nitrogen and oxygen atoms in total. The minimum absolute atomic E-state index is 0.125. The maximum Gasteiger partial charge on any atom is 0.220 e. The van der Waals surface area contributed by atoms with E-state index in [1.807, 2.05) is 12.1 Å². The number of carbonyl (C=O) groups excluding carboxylic acids is 1. The SMILES string of the molecule is O=C(CC1CCCC1)NC1(c2ccc(Cl)cc2)CCC1. The maximum absolute atomic E-state index is 12.3. The molecule has 20 heavy (non-hydrogen) atoms. The van der Waals surface area contributed by atoms with Crippen LogP contribution in [-0.2, 0) is 10.3 Å². The number of nitrogens with one attached hydrogen (secondary N) is 1. The Hall–Kier alpha value is -1.02. The molecule has 1 aromatic rings. The molecule has 2 aliphatic carbocycles. The zero-order valence-electron chi connectivity index (χ0n) is 11.8. The van der Waals surface area contributed by atoms with Crippen molar-refractivity contribution >= 4 is 17.5 Å². The minimum atomic E-state index is -0.125. The second-order valence-electron chi connectivity index (χ2n) is 6.35. The lowest BCUT2D eigenvalue weighted by molar-refractivity contribution is -0.125. The number of amides is 1. The van der Waals surface area contributed by atoms with Crippen LogP contribution in [0, 0.1) is 5.92 Å². The van der Waals surface area contributed by atoms with Crippen molar-refractivity contribution in [3.8, 4) is 0 Å². The topological polar surface area (TPSA) is 29.1 Å². The van der Waals surface area contributed by atoms with E-state index in [0.717, 1.165) is 17.9 Å². The highest BCUT2D eigenvalue weighted by Gasteiger charge is 2.40. The van der Waals surface area contributed by atoms with E-state index in [1.165, 1.54) is 37.7 Å². The fourth-order valence-corrected chi connectivity index (χ4v) is 3.71. The van der Waals surface area contributed by atoms with E-state index < -0.39 is 0 Å². The van der Waals surface area contributed by atoms with Crippen LogP contribution < -0.4 is 5.32 Å². The summed E-state index contributed by atoms with van der Waals surface area (Å²) < 4.78 is 0. The third-order valence-electron chi connectivity index (χ3n) is 4.93. The summed E-state index contributed by atoms with van der Waals surface area (Å²) in [5.74, 6) is 0.837. The summed E-state index contributed by atoms with van der Waals surface area (Å²) in [6.07, 6.45) is 9.01. The summed E-state index contributed by atoms with van der Waals surface area (Å²) in [6, 6.07) is 7.94. The average molecular weight is 292 g/mol. The standard InChI is InChI=1S/C17H22ClNO/c18-15-8-6-14(7-9-15)17(10-3-11-17)19-16(20)12-13-4-1-2-5-13/h6-9,13H,1-5,10-12H2,(H,19,20). The fourth-order valence-electron chi connectivity index (χ4n) is 3.58. The lowest BCUT2D eigenvalue weighted by Crippen LogP contribution is -2.51. The highest BCUT2D eigenvalue weighted by molar-refractivity contribution is 6.30. The molecule has 0 atom stereocenters. The van der Waals surface area contributed by atoms with Gasteiger partial charge in [0.25, 0.3) is 0 Å². The number of hydrogen-bond donors (Lipinski definition) is 1. The summed E-state index contributed by atoms with van der Waals surface area (Å²) >= 11 is 5.95. The highest BCUT2D eigenvalue weighted by atomic mass is 35.5. The molecule has 0 aliphatic heterocycles. The first kappa shape index (κ1) is 13.9. The molecular weight excluding hydrogens is 270 g/mol. The Kier molecular flexibility index (Phi) is 4.02. The molecule has 1 amide bonds. The van der Waals surface area contributed by atoms with Gasteiger partial charge in [0, 0.05) is 11.4 Å². The van der Waals surface area contributed by atoms with Gasteiger partial charge in [-0.15, -0.1) is 0 Å². The summed E-state index contributed by atoms with van der Waals surface area (Å²) in [7, 11) is 0. The third kappa shape index (κ3) is 2.85. The van der Waals surface area contributed by atoms with E-state index in [9.17, 15) is 4.79 Å². The van der Waals surface area contributed by atoms with Gasteiger partial charge >= 0.3 is 0 Å². The number of halogens is 1. The molecule has 0 saturated heterocycles. The Balaban J connectivity index is 1.66. The molecule has 2 saturated carbocycles. The predicted molar refractivity (Wildman–Crippen MR) is 81.7 cm³/mol. The Morgan fingerprint density at radius 2 is 1.80 bits per heavy atom. The molecule has 2 fully saturated rings. The van der Waals surface area contributed by atoms with Crippen LogP contribution in [0.15, 0.2) is 24.3 Å². The Labute approximate surface area is 125 Å². The molecule has 0 aromatic heterocycles. The molecule has 1 N–H and O–H groups in total. The van der Waals surface area contributed by atoms with Crippen LogP contribution in [0.1, 0.15) is 56.9 Å². The third-order valence-corrected chi connectivity index (χ3v) is 5.18. The van der Waals surface area contributed by atoms with Gasteiger partial charge in [0.15, 0.2) is 0 Å². The molecule has 0 heterocycles. The van der Waals surface area contributed by atoms with E-state index in [1.54, 1.807) is 0 Å². The highest BCUT2D eigenvalue weighted by Crippen LogP contribution is 2.42. The molecule has 3 rings (SSSR count). The molecular formula is C17H22ClNO. The van der Waals surface area contributed by atoms with Crippen LogP contribution in [0.2, 0.25) is 5.02 Å². The van der Waals surface area contributed by atoms with Crippen molar-refractivity contribution in [2.75, 3.05) is 0 Å². The van der Waals surface area contributed by atoms with E-state index in [-0.39, 0.29) is 11.4 Å². The molecule has 2 aliphatic rings. The first-order valence-electron chi connectivity index (χ1n) is 7.75. The van der Waals surface area contributed by atoms with Gasteiger partial charge in [-0.05, 0) is 55.7 Å². The van der Waals surface area contributed by atoms with Crippen molar-refractivity contribution < 1.29 is 4.79 Å². The Morgan fingerprint density at radius 3 is 2.35 bits per heavy atom. The van der Waals surface area contributed by atoms with E-state index in [2.05, 4.69) is 17.4 Å². The zero-order chi connectivity index (χ0) is 14.0. The molecule has 0 unspecified atom stereocenters. The molecule has 3 heteroatoms. The lowest BCUT2D eigenvalue weighted by Gasteiger charge is -2.43. The molecule has 0 radical (unpaired) electrons. The minimum Gasteiger partial charge on any atom is -0.347 e. The fraction of sp³-hybridized carbons (Fsp3) is 0.588. The van der Waals surface area contributed by atoms with Crippen molar-refractivity contribution in [1.29, 1.82) is 0 Å². The van der Waals surface area contributed by atoms with Gasteiger partial charge in [0.1, 0.15) is 0 Å². The van der Waals surface area contributed by atoms with Gasteiger partial charge in [-0.1, -0.05) is 36.6 Å². The van der Waals surface area contributed by atoms with Gasteiger partial charge in [-0.25, -0.2) is 0 Å². The first-order chi connectivity index (χ1) is 9.68. The monoisotopic (exact) mass is 291 g/mol. The normalized spacial score (nSPS) is 21.4. The van der Waals surface area contributed by atoms with E-state index in [0.29, 0.717) is 12.3 Å². The van der Waals surface area contributed by atoms with Crippen molar-refractivity contribution in [1.82, 2.24) is 5.32 Å². The molecule has 1 aromatic carbocycles. The van der Waals surface area contributed by atoms with Gasteiger partial charge < -0.3 is 5.32 Å². The van der Waals surface area contributed by atoms with Crippen LogP contribution in [0.3, 0.4) is 0 Å². The Bertz CT molecular complexity index is 472. The van der Waals surface area contributed by atoms with Crippen LogP contribution >= 0.6 is 11.6 Å². The van der Waals surface area contributed by atoms with E-state index >= 15 is 0 Å². The number of hydrogen-bond acceptors (Lipinski definition) is 1. The average Bonchev–Trinajstić information content (AvgIpc) is 2.88. The predicted octanol–water partition coefficient (Wildman–Crippen LogP) is 4.42. The van der Waals surface area contributed by atoms with Gasteiger partial charge in [-0.2, -0.15) is 0 Å². The van der Waals surface area contributed by atoms with Gasteiger partial charge in [0.2, 0.25) is 5.91 Å². The van der Waals surface area contributed by atoms with Gasteiger partial charge in [0.05, 0.1) is 5.54 Å². The van der Waals surface area contributed by atoms with Crippen LogP contribution in [-0.4, -0.2) is 5.91 Å². The molecule has 0 spiro atoms. The van der Waals surface area contributed by atoms with Crippen molar-refractivity contribution in [2.45, 2.75) is 56.9 Å². The maximum atomic E-state index is 12.3. The van der Waals surface area contributed by atoms with Crippen molar-refractivity contribution in [3.63, 3.8) is 0 Å². The second kappa shape index (κ2) is 5.77. The first-order valence-corrected chi connectivity index (χ1v) is 8.13. The number of rotatable bonds is 4. The second-order valence-corrected chi connectivity index (χ2v) is 6.78. The largest absolute Gasteiger partial charge is 0.347 e. The number of benzene rings is 1. The Morgan fingerprint density at radius 1 is 1.15 bits per heavy atom. The zero-order valence-corrected chi connectivity index (χ0v) is 12.6. The van der Waals surface area contributed by atoms with Crippen LogP contribution in [0.25, 0.3) is 0 Å². The van der Waals surface area contributed by atoms with E-state index in [4.69, 9.17) is 11.6 Å². The molecule has 0 bridgehead atoms. The molecule has 108 valence electrons. The van der Waals surface area contributed by atoms with Crippen molar-refractivity contribution in [2.24, 2.45) is 5.92 Å². The van der Waals surface area contributed by atoms with Crippen LogP contribution in [0.5, 0.6) is 0 Å². The summed E-state index contributed by atoms with van der Waals surface area (Å²) in [5, 5.41) is 4.06. The van der Waals surface area contributed by atoms with Crippen LogP contribution in [0.4, 0.5) is 0 Å². The van der Waals surface area contributed by atoms with Crippen molar-refractivity contribution in [3.05, 3.63) is 34.9 Å². The quantitative estimate of drug-likeness (QED) is 0.874. The lowest BCUT2D eigenvalue weighted by atomic mass is 9.71. The number of carbonyl (C=O) groups is 1. The summed E-state index contributed by atoms with van der Waals surface area (Å²) in [6.45, 7) is 0. The smallest absolute Gasteiger partial charge is 0.220 e. The summed E-state index contributed by atoms with van der Waals surface area (Å²) in [5.41, 5.74) is 1.08. The van der Waals surface area contributed by atoms with Gasteiger partial charge in [-0.3, -0.25) is 4.79 Å².